The van der Waals surface area contributed by atoms with Gasteiger partial charge in [-0.3, -0.25) is 4.31 Å². The van der Waals surface area contributed by atoms with E-state index in [-0.39, 0.29) is 10.6 Å². The van der Waals surface area contributed by atoms with Crippen molar-refractivity contribution in [1.82, 2.24) is 0 Å². The van der Waals surface area contributed by atoms with Crippen molar-refractivity contribution in [2.24, 2.45) is 0 Å². The van der Waals surface area contributed by atoms with Gasteiger partial charge in [-0.05, 0) is 55.2 Å². The molecular weight excluding hydrogens is 358 g/mol. The molecule has 2 aromatic rings. The fraction of sp³-hybridized carbons (Fsp3) is 0.278. The SMILES string of the molecule is COc1cc(C)c(S(=O)(=O)N2CCc3ccc(OC(=O)O)cc32)c(C)c1. The molecule has 0 aliphatic carbocycles. The van der Waals surface area contributed by atoms with Gasteiger partial charge in [-0.1, -0.05) is 6.07 Å². The van der Waals surface area contributed by atoms with Crippen LogP contribution in [-0.2, 0) is 16.4 Å². The first-order chi connectivity index (χ1) is 12.2. The van der Waals surface area contributed by atoms with Gasteiger partial charge in [0.25, 0.3) is 10.0 Å². The van der Waals surface area contributed by atoms with E-state index in [4.69, 9.17) is 9.84 Å². The molecule has 0 spiro atoms. The Balaban J connectivity index is 2.08. The van der Waals surface area contributed by atoms with Crippen LogP contribution >= 0.6 is 0 Å². The predicted octanol–water partition coefficient (Wildman–Crippen LogP) is 3.12. The summed E-state index contributed by atoms with van der Waals surface area (Å²) in [6.45, 7) is 3.74. The van der Waals surface area contributed by atoms with Crippen LogP contribution in [0.2, 0.25) is 0 Å². The highest BCUT2D eigenvalue weighted by Crippen LogP contribution is 2.37. The number of benzene rings is 2. The number of carboxylic acid groups (broad SMARTS) is 1. The van der Waals surface area contributed by atoms with Gasteiger partial charge in [-0.2, -0.15) is 0 Å². The first-order valence-electron chi connectivity index (χ1n) is 7.95. The molecule has 2 aromatic carbocycles. The molecule has 0 fully saturated rings. The Labute approximate surface area is 151 Å². The lowest BCUT2D eigenvalue weighted by molar-refractivity contribution is 0.144. The number of rotatable bonds is 4. The molecule has 8 heteroatoms. The summed E-state index contributed by atoms with van der Waals surface area (Å²) in [5.41, 5.74) is 2.45. The van der Waals surface area contributed by atoms with E-state index in [1.54, 1.807) is 32.0 Å². The number of anilines is 1. The van der Waals surface area contributed by atoms with E-state index in [1.807, 2.05) is 0 Å². The van der Waals surface area contributed by atoms with Gasteiger partial charge < -0.3 is 14.6 Å². The van der Waals surface area contributed by atoms with Crippen LogP contribution in [0.15, 0.2) is 35.2 Å². The van der Waals surface area contributed by atoms with Gasteiger partial charge in [0.15, 0.2) is 0 Å². The lowest BCUT2D eigenvalue weighted by atomic mass is 10.1. The van der Waals surface area contributed by atoms with E-state index in [9.17, 15) is 13.2 Å². The average molecular weight is 377 g/mol. The summed E-state index contributed by atoms with van der Waals surface area (Å²) >= 11 is 0. The second kappa shape index (κ2) is 6.53. The first kappa shape index (κ1) is 18.1. The van der Waals surface area contributed by atoms with Gasteiger partial charge >= 0.3 is 6.16 Å². The van der Waals surface area contributed by atoms with Crippen LogP contribution in [0.1, 0.15) is 16.7 Å². The second-order valence-corrected chi connectivity index (χ2v) is 7.88. The molecule has 7 nitrogen and oxygen atoms in total. The average Bonchev–Trinajstić information content (AvgIpc) is 2.97. The fourth-order valence-corrected chi connectivity index (χ4v) is 5.20. The molecule has 0 unspecified atom stereocenters. The molecule has 0 amide bonds. The fourth-order valence-electron chi connectivity index (χ4n) is 3.29. The van der Waals surface area contributed by atoms with Gasteiger partial charge in [0.05, 0.1) is 17.7 Å². The number of methoxy groups -OCH3 is 1. The number of hydrogen-bond donors (Lipinski definition) is 1. The minimum Gasteiger partial charge on any atom is -0.497 e. The van der Waals surface area contributed by atoms with Gasteiger partial charge in [-0.25, -0.2) is 13.2 Å². The van der Waals surface area contributed by atoms with Crippen molar-refractivity contribution < 1.29 is 27.8 Å². The molecule has 1 aliphatic rings. The highest BCUT2D eigenvalue weighted by atomic mass is 32.2. The Morgan fingerprint density at radius 1 is 1.12 bits per heavy atom. The molecular formula is C18H19NO6S. The topological polar surface area (TPSA) is 93.1 Å². The van der Waals surface area contributed by atoms with Crippen molar-refractivity contribution >= 4 is 21.9 Å². The van der Waals surface area contributed by atoms with Crippen LogP contribution in [0, 0.1) is 13.8 Å². The number of ether oxygens (including phenoxy) is 2. The molecule has 1 heterocycles. The van der Waals surface area contributed by atoms with E-state index in [2.05, 4.69) is 4.74 Å². The minimum absolute atomic E-state index is 0.0847. The zero-order valence-electron chi connectivity index (χ0n) is 14.6. The third kappa shape index (κ3) is 3.08. The van der Waals surface area contributed by atoms with Gasteiger partial charge in [0, 0.05) is 12.6 Å². The number of carbonyl (C=O) groups is 1. The van der Waals surface area contributed by atoms with Gasteiger partial charge in [0.2, 0.25) is 0 Å². The van der Waals surface area contributed by atoms with Crippen molar-refractivity contribution in [2.75, 3.05) is 18.0 Å². The van der Waals surface area contributed by atoms with Crippen LogP contribution in [-0.4, -0.2) is 33.3 Å². The summed E-state index contributed by atoms with van der Waals surface area (Å²) in [7, 11) is -2.28. The van der Waals surface area contributed by atoms with Crippen molar-refractivity contribution in [1.29, 1.82) is 0 Å². The van der Waals surface area contributed by atoms with Crippen LogP contribution in [0.4, 0.5) is 10.5 Å². The summed E-state index contributed by atoms with van der Waals surface area (Å²) in [6, 6.07) is 8.02. The van der Waals surface area contributed by atoms with E-state index >= 15 is 0 Å². The van der Waals surface area contributed by atoms with Crippen molar-refractivity contribution in [2.45, 2.75) is 25.2 Å². The Kier molecular flexibility index (Phi) is 4.53. The first-order valence-corrected chi connectivity index (χ1v) is 9.39. The highest BCUT2D eigenvalue weighted by molar-refractivity contribution is 7.93. The summed E-state index contributed by atoms with van der Waals surface area (Å²) in [4.78, 5) is 11.0. The molecule has 0 saturated heterocycles. The second-order valence-electron chi connectivity index (χ2n) is 6.08. The Hall–Kier alpha value is -2.74. The van der Waals surface area contributed by atoms with Crippen molar-refractivity contribution in [3.05, 3.63) is 47.0 Å². The Morgan fingerprint density at radius 3 is 2.35 bits per heavy atom. The smallest absolute Gasteiger partial charge is 0.497 e. The number of sulfonamides is 1. The predicted molar refractivity (Wildman–Crippen MR) is 95.8 cm³/mol. The van der Waals surface area contributed by atoms with Crippen LogP contribution in [0.5, 0.6) is 11.5 Å². The molecule has 0 bridgehead atoms. The maximum atomic E-state index is 13.3. The van der Waals surface area contributed by atoms with Gasteiger partial charge in [0.1, 0.15) is 11.5 Å². The lowest BCUT2D eigenvalue weighted by Crippen LogP contribution is -2.30. The summed E-state index contributed by atoms with van der Waals surface area (Å²) in [5, 5.41) is 8.78. The molecule has 0 atom stereocenters. The number of fused-ring (bicyclic) bond motifs is 1. The van der Waals surface area contributed by atoms with Crippen LogP contribution in [0.25, 0.3) is 0 Å². The highest BCUT2D eigenvalue weighted by Gasteiger charge is 2.33. The number of aryl methyl sites for hydroxylation is 2. The maximum Gasteiger partial charge on any atom is 0.511 e. The lowest BCUT2D eigenvalue weighted by Gasteiger charge is -2.22. The molecule has 0 radical (unpaired) electrons. The van der Waals surface area contributed by atoms with E-state index < -0.39 is 16.2 Å². The normalized spacial score (nSPS) is 13.4. The largest absolute Gasteiger partial charge is 0.511 e. The summed E-state index contributed by atoms with van der Waals surface area (Å²) < 4.78 is 37.8. The van der Waals surface area contributed by atoms with E-state index in [0.29, 0.717) is 35.5 Å². The summed E-state index contributed by atoms with van der Waals surface area (Å²) in [5.74, 6) is 0.680. The summed E-state index contributed by atoms with van der Waals surface area (Å²) in [6.07, 6.45) is -0.893. The Bertz CT molecular complexity index is 960. The third-order valence-electron chi connectivity index (χ3n) is 4.33. The third-order valence-corrected chi connectivity index (χ3v) is 6.45. The number of hydrogen-bond acceptors (Lipinski definition) is 5. The van der Waals surface area contributed by atoms with E-state index in [0.717, 1.165) is 5.56 Å². The Morgan fingerprint density at radius 2 is 1.77 bits per heavy atom. The molecule has 1 aliphatic heterocycles. The maximum absolute atomic E-state index is 13.3. The zero-order chi connectivity index (χ0) is 19.1. The molecule has 3 rings (SSSR count). The van der Waals surface area contributed by atoms with Crippen LogP contribution in [0.3, 0.4) is 0 Å². The van der Waals surface area contributed by atoms with Crippen molar-refractivity contribution in [3.63, 3.8) is 0 Å². The minimum atomic E-state index is -3.81. The van der Waals surface area contributed by atoms with Crippen LogP contribution < -0.4 is 13.8 Å². The monoisotopic (exact) mass is 377 g/mol. The van der Waals surface area contributed by atoms with E-state index in [1.165, 1.54) is 23.5 Å². The van der Waals surface area contributed by atoms with Crippen molar-refractivity contribution in [3.8, 4) is 11.5 Å². The standard InChI is InChI=1S/C18H19NO6S/c1-11-8-15(24-3)9-12(2)17(11)26(22,23)19-7-6-13-4-5-14(10-16(13)19)25-18(20)21/h4-5,8-10H,6-7H2,1-3H3,(H,20,21). The molecule has 0 saturated carbocycles. The molecule has 1 N–H and O–H groups in total. The quantitative estimate of drug-likeness (QED) is 0.650. The molecule has 26 heavy (non-hydrogen) atoms. The van der Waals surface area contributed by atoms with Gasteiger partial charge in [-0.15, -0.1) is 0 Å². The molecule has 0 aromatic heterocycles. The number of nitrogens with zero attached hydrogens (tertiary/aromatic N) is 1. The molecule has 138 valence electrons. The zero-order valence-corrected chi connectivity index (χ0v) is 15.5.